The zero-order chi connectivity index (χ0) is 22.7. The van der Waals surface area contributed by atoms with Gasteiger partial charge in [0.2, 0.25) is 5.91 Å². The second kappa shape index (κ2) is 9.28. The lowest BCUT2D eigenvalue weighted by Crippen LogP contribution is -2.30. The number of fused-ring (bicyclic) bond motifs is 1. The van der Waals surface area contributed by atoms with Crippen molar-refractivity contribution in [2.75, 3.05) is 10.6 Å². The van der Waals surface area contributed by atoms with Crippen LogP contribution in [0.1, 0.15) is 24.2 Å². The molecule has 0 bridgehead atoms. The third-order valence-electron chi connectivity index (χ3n) is 5.07. The second-order valence-corrected chi connectivity index (χ2v) is 8.79. The Hall–Kier alpha value is -3.58. The predicted octanol–water partition coefficient (Wildman–Crippen LogP) is 4.97. The van der Waals surface area contributed by atoms with Gasteiger partial charge in [-0.2, -0.15) is 0 Å². The molecule has 0 unspecified atom stereocenters. The SMILES string of the molecule is C[C@H](OC(=O)c1ccc2c(c1)NC(=O)[C@H](C)S2)C(=O)Nc1ccccc1-c1ccccc1. The van der Waals surface area contributed by atoms with E-state index in [0.717, 1.165) is 16.0 Å². The van der Waals surface area contributed by atoms with Crippen molar-refractivity contribution >= 4 is 40.9 Å². The minimum absolute atomic E-state index is 0.113. The highest BCUT2D eigenvalue weighted by molar-refractivity contribution is 8.00. The van der Waals surface area contributed by atoms with Crippen LogP contribution in [-0.4, -0.2) is 29.1 Å². The van der Waals surface area contributed by atoms with Crippen molar-refractivity contribution in [3.63, 3.8) is 0 Å². The number of carbonyl (C=O) groups excluding carboxylic acids is 3. The van der Waals surface area contributed by atoms with Gasteiger partial charge in [0.1, 0.15) is 0 Å². The van der Waals surface area contributed by atoms with Crippen LogP contribution < -0.4 is 10.6 Å². The highest BCUT2D eigenvalue weighted by Crippen LogP contribution is 2.36. The quantitative estimate of drug-likeness (QED) is 0.541. The van der Waals surface area contributed by atoms with Gasteiger partial charge in [-0.15, -0.1) is 11.8 Å². The molecule has 2 amide bonds. The second-order valence-electron chi connectivity index (χ2n) is 7.41. The Labute approximate surface area is 190 Å². The number of anilines is 2. The molecule has 0 spiro atoms. The summed E-state index contributed by atoms with van der Waals surface area (Å²) in [6.45, 7) is 3.34. The summed E-state index contributed by atoms with van der Waals surface area (Å²) in [5, 5.41) is 5.45. The number of nitrogens with one attached hydrogen (secondary N) is 2. The van der Waals surface area contributed by atoms with Crippen LogP contribution in [0.3, 0.4) is 0 Å². The third-order valence-corrected chi connectivity index (χ3v) is 6.25. The first-order valence-corrected chi connectivity index (χ1v) is 11.1. The van der Waals surface area contributed by atoms with Crippen molar-refractivity contribution < 1.29 is 19.1 Å². The molecule has 3 aromatic carbocycles. The first kappa shape index (κ1) is 21.6. The number of para-hydroxylation sites is 1. The molecular weight excluding hydrogens is 424 g/mol. The van der Waals surface area contributed by atoms with Gasteiger partial charge in [-0.05, 0) is 43.7 Å². The van der Waals surface area contributed by atoms with E-state index in [9.17, 15) is 14.4 Å². The Morgan fingerprint density at radius 3 is 2.53 bits per heavy atom. The fourth-order valence-electron chi connectivity index (χ4n) is 3.31. The summed E-state index contributed by atoms with van der Waals surface area (Å²) in [4.78, 5) is 38.1. The molecule has 7 heteroatoms. The van der Waals surface area contributed by atoms with E-state index < -0.39 is 18.0 Å². The number of hydrogen-bond acceptors (Lipinski definition) is 5. The fourth-order valence-corrected chi connectivity index (χ4v) is 4.24. The summed E-state index contributed by atoms with van der Waals surface area (Å²) in [7, 11) is 0. The lowest BCUT2D eigenvalue weighted by molar-refractivity contribution is -0.123. The summed E-state index contributed by atoms with van der Waals surface area (Å²) in [6.07, 6.45) is -1.01. The summed E-state index contributed by atoms with van der Waals surface area (Å²) in [6, 6.07) is 22.1. The van der Waals surface area contributed by atoms with Gasteiger partial charge in [0.05, 0.1) is 16.5 Å². The highest BCUT2D eigenvalue weighted by Gasteiger charge is 2.25. The minimum atomic E-state index is -1.01. The van der Waals surface area contributed by atoms with E-state index in [1.54, 1.807) is 24.3 Å². The molecule has 6 nitrogen and oxygen atoms in total. The molecule has 1 aliphatic rings. The van der Waals surface area contributed by atoms with Gasteiger partial charge in [0.15, 0.2) is 6.10 Å². The summed E-state index contributed by atoms with van der Waals surface area (Å²) < 4.78 is 5.38. The van der Waals surface area contributed by atoms with Gasteiger partial charge in [-0.25, -0.2) is 4.79 Å². The standard InChI is InChI=1S/C25H22N2O4S/c1-15(23(28)26-20-11-7-6-10-19(20)17-8-4-3-5-9-17)31-25(30)18-12-13-22-21(14-18)27-24(29)16(2)32-22/h3-16H,1-2H3,(H,26,28)(H,27,29)/t15-,16-/m0/s1. The van der Waals surface area contributed by atoms with Gasteiger partial charge in [-0.1, -0.05) is 48.5 Å². The Kier molecular flexibility index (Phi) is 6.28. The third kappa shape index (κ3) is 4.68. The zero-order valence-corrected chi connectivity index (χ0v) is 18.4. The maximum Gasteiger partial charge on any atom is 0.338 e. The lowest BCUT2D eigenvalue weighted by Gasteiger charge is -2.22. The van der Waals surface area contributed by atoms with Crippen molar-refractivity contribution in [1.29, 1.82) is 0 Å². The lowest BCUT2D eigenvalue weighted by atomic mass is 10.0. The predicted molar refractivity (Wildman–Crippen MR) is 126 cm³/mol. The smallest absolute Gasteiger partial charge is 0.338 e. The van der Waals surface area contributed by atoms with E-state index in [4.69, 9.17) is 4.74 Å². The Morgan fingerprint density at radius 2 is 1.75 bits per heavy atom. The summed E-state index contributed by atoms with van der Waals surface area (Å²) >= 11 is 1.43. The van der Waals surface area contributed by atoms with Crippen molar-refractivity contribution in [2.24, 2.45) is 0 Å². The van der Waals surface area contributed by atoms with Crippen LogP contribution in [0, 0.1) is 0 Å². The molecule has 32 heavy (non-hydrogen) atoms. The molecular formula is C25H22N2O4S. The molecule has 0 fully saturated rings. The molecule has 0 aromatic heterocycles. The van der Waals surface area contributed by atoms with Gasteiger partial charge < -0.3 is 15.4 Å². The molecule has 3 aromatic rings. The molecule has 162 valence electrons. The normalized spacial score (nSPS) is 15.8. The van der Waals surface area contributed by atoms with Crippen LogP contribution in [0.25, 0.3) is 11.1 Å². The van der Waals surface area contributed by atoms with Crippen molar-refractivity contribution in [2.45, 2.75) is 30.1 Å². The number of esters is 1. The number of ether oxygens (including phenoxy) is 1. The molecule has 2 N–H and O–H groups in total. The number of hydrogen-bond donors (Lipinski definition) is 2. The number of benzene rings is 3. The fraction of sp³-hybridized carbons (Fsp3) is 0.160. The van der Waals surface area contributed by atoms with E-state index in [-0.39, 0.29) is 16.7 Å². The maximum atomic E-state index is 12.7. The van der Waals surface area contributed by atoms with Gasteiger partial charge in [0.25, 0.3) is 5.91 Å². The van der Waals surface area contributed by atoms with Crippen LogP contribution in [0.2, 0.25) is 0 Å². The van der Waals surface area contributed by atoms with E-state index in [2.05, 4.69) is 10.6 Å². The van der Waals surface area contributed by atoms with Crippen molar-refractivity contribution in [3.8, 4) is 11.1 Å². The number of thioether (sulfide) groups is 1. The summed E-state index contributed by atoms with van der Waals surface area (Å²) in [5.41, 5.74) is 3.31. The van der Waals surface area contributed by atoms with Crippen LogP contribution in [0.5, 0.6) is 0 Å². The number of rotatable bonds is 5. The van der Waals surface area contributed by atoms with Gasteiger partial charge >= 0.3 is 5.97 Å². The van der Waals surface area contributed by atoms with Crippen molar-refractivity contribution in [1.82, 2.24) is 0 Å². The maximum absolute atomic E-state index is 12.7. The zero-order valence-electron chi connectivity index (χ0n) is 17.6. The largest absolute Gasteiger partial charge is 0.449 e. The molecule has 4 rings (SSSR count). The van der Waals surface area contributed by atoms with Crippen LogP contribution in [0.4, 0.5) is 11.4 Å². The van der Waals surface area contributed by atoms with Crippen LogP contribution in [0.15, 0.2) is 77.7 Å². The first-order chi connectivity index (χ1) is 15.4. The first-order valence-electron chi connectivity index (χ1n) is 10.2. The number of amides is 2. The van der Waals surface area contributed by atoms with E-state index in [1.807, 2.05) is 55.5 Å². The van der Waals surface area contributed by atoms with E-state index >= 15 is 0 Å². The summed E-state index contributed by atoms with van der Waals surface area (Å²) in [5.74, 6) is -1.18. The van der Waals surface area contributed by atoms with Gasteiger partial charge in [-0.3, -0.25) is 9.59 Å². The average Bonchev–Trinajstić information content (AvgIpc) is 2.80. The minimum Gasteiger partial charge on any atom is -0.449 e. The Balaban J connectivity index is 1.44. The highest BCUT2D eigenvalue weighted by atomic mass is 32.2. The molecule has 0 aliphatic carbocycles. The van der Waals surface area contributed by atoms with Crippen LogP contribution >= 0.6 is 11.8 Å². The Morgan fingerprint density at radius 1 is 1.03 bits per heavy atom. The van der Waals surface area contributed by atoms with Crippen LogP contribution in [-0.2, 0) is 14.3 Å². The van der Waals surface area contributed by atoms with Gasteiger partial charge in [0, 0.05) is 16.1 Å². The average molecular weight is 447 g/mol. The van der Waals surface area contributed by atoms with E-state index in [0.29, 0.717) is 11.4 Å². The van der Waals surface area contributed by atoms with E-state index in [1.165, 1.54) is 18.7 Å². The molecule has 0 radical (unpaired) electrons. The molecule has 1 aliphatic heterocycles. The Bertz CT molecular complexity index is 1180. The molecule has 2 atom stereocenters. The topological polar surface area (TPSA) is 84.5 Å². The molecule has 1 heterocycles. The molecule has 0 saturated heterocycles. The van der Waals surface area contributed by atoms with Crippen molar-refractivity contribution in [3.05, 3.63) is 78.4 Å². The molecule has 0 saturated carbocycles. The number of carbonyl (C=O) groups is 3. The monoisotopic (exact) mass is 446 g/mol.